The van der Waals surface area contributed by atoms with Crippen molar-refractivity contribution in [1.82, 2.24) is 26.1 Å². The number of esters is 1. The van der Waals surface area contributed by atoms with E-state index in [1.807, 2.05) is 36.4 Å². The van der Waals surface area contributed by atoms with Gasteiger partial charge in [-0.05, 0) is 57.2 Å². The summed E-state index contributed by atoms with van der Waals surface area (Å²) in [6, 6.07) is 8.13. The molecule has 3 N–H and O–H groups in total. The molecule has 3 unspecified atom stereocenters. The quantitative estimate of drug-likeness (QED) is 0.479. The Morgan fingerprint density at radius 3 is 2.56 bits per heavy atom. The monoisotopic (exact) mass is 535 g/mol. The molecule has 0 aliphatic carbocycles. The highest BCUT2D eigenvalue weighted by atomic mass is 16.5. The summed E-state index contributed by atoms with van der Waals surface area (Å²) in [6.45, 7) is 9.22. The van der Waals surface area contributed by atoms with E-state index in [0.717, 1.165) is 16.5 Å². The fourth-order valence-electron chi connectivity index (χ4n) is 4.54. The molecule has 2 aliphatic heterocycles. The van der Waals surface area contributed by atoms with Crippen LogP contribution in [0.4, 0.5) is 0 Å². The van der Waals surface area contributed by atoms with E-state index in [-0.39, 0.29) is 24.3 Å². The molecule has 1 aromatic heterocycles. The topological polar surface area (TPSA) is 130 Å². The van der Waals surface area contributed by atoms with Crippen LogP contribution in [0.3, 0.4) is 0 Å². The van der Waals surface area contributed by atoms with Gasteiger partial charge in [0.2, 0.25) is 5.91 Å². The first-order chi connectivity index (χ1) is 18.4. The SMILES string of the molecule is CC1NC(=O)C(C(C)C)OC(=O)C(C)(C)/C=C/c2ccc3ccc(nc3c2)CNC(=O)C2CCCN(N2)C1=O. The summed E-state index contributed by atoms with van der Waals surface area (Å²) in [5.41, 5.74) is 4.29. The maximum Gasteiger partial charge on any atom is 0.316 e. The molecule has 3 atom stereocenters. The molecule has 0 radical (unpaired) electrons. The number of amides is 3. The summed E-state index contributed by atoms with van der Waals surface area (Å²) in [4.78, 5) is 57.0. The Morgan fingerprint density at radius 2 is 1.82 bits per heavy atom. The van der Waals surface area contributed by atoms with Gasteiger partial charge >= 0.3 is 5.97 Å². The third kappa shape index (κ3) is 6.62. The third-order valence-corrected chi connectivity index (χ3v) is 7.03. The normalized spacial score (nSPS) is 25.7. The number of pyridine rings is 1. The molecule has 10 heteroatoms. The predicted molar refractivity (Wildman–Crippen MR) is 147 cm³/mol. The van der Waals surface area contributed by atoms with Crippen molar-refractivity contribution in [2.24, 2.45) is 11.3 Å². The van der Waals surface area contributed by atoms with Gasteiger partial charge in [0.25, 0.3) is 11.8 Å². The van der Waals surface area contributed by atoms with Crippen LogP contribution in [0.15, 0.2) is 36.4 Å². The van der Waals surface area contributed by atoms with Crippen LogP contribution in [-0.4, -0.2) is 58.4 Å². The van der Waals surface area contributed by atoms with Gasteiger partial charge in [-0.2, -0.15) is 0 Å². The smallest absolute Gasteiger partial charge is 0.316 e. The summed E-state index contributed by atoms with van der Waals surface area (Å²) in [7, 11) is 0. The molecule has 4 rings (SSSR count). The van der Waals surface area contributed by atoms with Gasteiger partial charge in [-0.3, -0.25) is 29.2 Å². The summed E-state index contributed by atoms with van der Waals surface area (Å²) in [5, 5.41) is 7.93. The number of benzene rings is 1. The van der Waals surface area contributed by atoms with E-state index >= 15 is 0 Å². The average Bonchev–Trinajstić information content (AvgIpc) is 2.91. The minimum Gasteiger partial charge on any atom is -0.451 e. The molecule has 1 saturated heterocycles. The second-order valence-corrected chi connectivity index (χ2v) is 11.1. The zero-order valence-corrected chi connectivity index (χ0v) is 23.1. The number of aromatic nitrogens is 1. The molecule has 1 aromatic carbocycles. The first-order valence-electron chi connectivity index (χ1n) is 13.4. The first kappa shape index (κ1) is 28.2. The van der Waals surface area contributed by atoms with Crippen LogP contribution >= 0.6 is 0 Å². The lowest BCUT2D eigenvalue weighted by molar-refractivity contribution is -0.165. The van der Waals surface area contributed by atoms with Crippen molar-refractivity contribution in [2.45, 2.75) is 72.2 Å². The summed E-state index contributed by atoms with van der Waals surface area (Å²) in [5.74, 6) is -2.03. The maximum atomic E-state index is 13.2. The standard InChI is InChI=1S/C29H37N5O5/c1-17(2)24-26(36)31-18(3)27(37)34-14-6-7-22(33-34)25(35)30-16-21-11-10-20-9-8-19(15-23(20)32-21)12-13-29(4,5)28(38)39-24/h8-13,15,17-18,22,24,33H,6-7,14,16H2,1-5H3,(H,30,35)(H,31,36)/b13-12+. The Labute approximate surface area is 228 Å². The van der Waals surface area contributed by atoms with Crippen LogP contribution in [0, 0.1) is 11.3 Å². The van der Waals surface area contributed by atoms with E-state index in [1.54, 1.807) is 40.7 Å². The maximum absolute atomic E-state index is 13.2. The Morgan fingerprint density at radius 1 is 1.08 bits per heavy atom. The molecule has 208 valence electrons. The van der Waals surface area contributed by atoms with Gasteiger partial charge < -0.3 is 15.4 Å². The molecule has 5 bridgehead atoms. The van der Waals surface area contributed by atoms with Crippen LogP contribution in [0.25, 0.3) is 17.0 Å². The minimum atomic E-state index is -1.08. The molecular formula is C29H37N5O5. The highest BCUT2D eigenvalue weighted by Crippen LogP contribution is 2.25. The molecule has 3 heterocycles. The van der Waals surface area contributed by atoms with Crippen LogP contribution in [0.5, 0.6) is 0 Å². The average molecular weight is 536 g/mol. The largest absolute Gasteiger partial charge is 0.451 e. The first-order valence-corrected chi connectivity index (χ1v) is 13.4. The zero-order valence-electron chi connectivity index (χ0n) is 23.1. The Bertz CT molecular complexity index is 1300. The highest BCUT2D eigenvalue weighted by Gasteiger charge is 2.36. The van der Waals surface area contributed by atoms with E-state index in [1.165, 1.54) is 5.01 Å². The van der Waals surface area contributed by atoms with Gasteiger partial charge in [-0.15, -0.1) is 0 Å². The van der Waals surface area contributed by atoms with Crippen molar-refractivity contribution < 1.29 is 23.9 Å². The lowest BCUT2D eigenvalue weighted by atomic mass is 9.92. The van der Waals surface area contributed by atoms with Gasteiger partial charge in [0.1, 0.15) is 12.1 Å². The number of cyclic esters (lactones) is 1. The number of fused-ring (bicyclic) bond motifs is 4. The van der Waals surface area contributed by atoms with E-state index < -0.39 is 35.5 Å². The number of nitrogens with one attached hydrogen (secondary N) is 3. The van der Waals surface area contributed by atoms with Crippen LogP contribution in [0.2, 0.25) is 0 Å². The number of ether oxygens (including phenoxy) is 1. The second kappa shape index (κ2) is 11.5. The molecule has 2 aliphatic rings. The van der Waals surface area contributed by atoms with Crippen molar-refractivity contribution >= 4 is 40.7 Å². The van der Waals surface area contributed by atoms with Crippen LogP contribution in [-0.2, 0) is 30.5 Å². The Balaban J connectivity index is 1.67. The molecule has 2 aromatic rings. The van der Waals surface area contributed by atoms with E-state index in [4.69, 9.17) is 9.72 Å². The summed E-state index contributed by atoms with van der Waals surface area (Å²) < 4.78 is 5.69. The molecule has 0 spiro atoms. The lowest BCUT2D eigenvalue weighted by Crippen LogP contribution is -2.61. The van der Waals surface area contributed by atoms with Crippen LogP contribution < -0.4 is 16.1 Å². The molecular weight excluding hydrogens is 498 g/mol. The molecule has 1 fully saturated rings. The van der Waals surface area contributed by atoms with Gasteiger partial charge in [0.15, 0.2) is 6.10 Å². The zero-order chi connectivity index (χ0) is 28.3. The molecule has 39 heavy (non-hydrogen) atoms. The predicted octanol–water partition coefficient (Wildman–Crippen LogP) is 2.47. The summed E-state index contributed by atoms with van der Waals surface area (Å²) in [6.07, 6.45) is 3.68. The number of rotatable bonds is 1. The number of hydrogen-bond donors (Lipinski definition) is 3. The van der Waals surface area contributed by atoms with Gasteiger partial charge in [0.05, 0.1) is 23.2 Å². The Kier molecular flexibility index (Phi) is 8.34. The summed E-state index contributed by atoms with van der Waals surface area (Å²) >= 11 is 0. The molecule has 3 amide bonds. The van der Waals surface area contributed by atoms with Crippen molar-refractivity contribution in [2.75, 3.05) is 6.54 Å². The molecule has 0 saturated carbocycles. The molecule has 10 nitrogen and oxygen atoms in total. The minimum absolute atomic E-state index is 0.234. The number of hydrazine groups is 1. The third-order valence-electron chi connectivity index (χ3n) is 7.03. The fourth-order valence-corrected chi connectivity index (χ4v) is 4.54. The van der Waals surface area contributed by atoms with Crippen molar-refractivity contribution in [3.8, 4) is 0 Å². The lowest BCUT2D eigenvalue weighted by Gasteiger charge is -2.35. The van der Waals surface area contributed by atoms with Gasteiger partial charge in [-0.1, -0.05) is 44.2 Å². The number of nitrogens with zero attached hydrogens (tertiary/aromatic N) is 2. The fraction of sp³-hybridized carbons (Fsp3) is 0.483. The number of carbonyl (C=O) groups excluding carboxylic acids is 4. The van der Waals surface area contributed by atoms with Crippen molar-refractivity contribution in [1.29, 1.82) is 0 Å². The van der Waals surface area contributed by atoms with Crippen molar-refractivity contribution in [3.63, 3.8) is 0 Å². The van der Waals surface area contributed by atoms with Gasteiger partial charge in [0, 0.05) is 11.9 Å². The van der Waals surface area contributed by atoms with E-state index in [2.05, 4.69) is 16.1 Å². The Hall–Kier alpha value is -3.79. The van der Waals surface area contributed by atoms with E-state index in [9.17, 15) is 19.2 Å². The van der Waals surface area contributed by atoms with E-state index in [0.29, 0.717) is 25.1 Å². The number of hydrogen-bond acceptors (Lipinski definition) is 7. The second-order valence-electron chi connectivity index (χ2n) is 11.1. The van der Waals surface area contributed by atoms with Crippen molar-refractivity contribution in [3.05, 3.63) is 47.7 Å². The van der Waals surface area contributed by atoms with Crippen LogP contribution in [0.1, 0.15) is 58.7 Å². The highest BCUT2D eigenvalue weighted by molar-refractivity contribution is 5.91. The number of carbonyl (C=O) groups is 4. The van der Waals surface area contributed by atoms with Gasteiger partial charge in [-0.25, -0.2) is 5.43 Å².